The predicted octanol–water partition coefficient (Wildman–Crippen LogP) is 4.51. The molecule has 3 aromatic carbocycles. The van der Waals surface area contributed by atoms with Gasteiger partial charge in [0.2, 0.25) is 0 Å². The molecule has 0 fully saturated rings. The van der Waals surface area contributed by atoms with E-state index in [1.165, 1.54) is 12.1 Å². The molecule has 6 nitrogen and oxygen atoms in total. The van der Waals surface area contributed by atoms with Gasteiger partial charge in [0.25, 0.3) is 15.9 Å². The number of amides is 1. The number of nitrogens with one attached hydrogen (secondary N) is 2. The van der Waals surface area contributed by atoms with E-state index in [0.717, 1.165) is 11.1 Å². The smallest absolute Gasteiger partial charge is 0.265 e. The lowest BCUT2D eigenvalue weighted by Crippen LogP contribution is -2.30. The van der Waals surface area contributed by atoms with Crippen molar-refractivity contribution in [2.75, 3.05) is 10.0 Å². The van der Waals surface area contributed by atoms with E-state index in [-0.39, 0.29) is 10.8 Å². The molecule has 0 aliphatic carbocycles. The number of carbonyl (C=O) groups excluding carboxylic acids is 1. The summed E-state index contributed by atoms with van der Waals surface area (Å²) in [5.74, 6) is 0.265. The number of rotatable bonds is 7. The second-order valence-electron chi connectivity index (χ2n) is 6.99. The van der Waals surface area contributed by atoms with Crippen molar-refractivity contribution in [1.29, 1.82) is 0 Å². The monoisotopic (exact) mass is 424 g/mol. The summed E-state index contributed by atoms with van der Waals surface area (Å²) in [4.78, 5) is 12.4. The number of aryl methyl sites for hydroxylation is 2. The maximum atomic E-state index is 12.6. The van der Waals surface area contributed by atoms with E-state index in [4.69, 9.17) is 4.74 Å². The number of hydrogen-bond acceptors (Lipinski definition) is 4. The summed E-state index contributed by atoms with van der Waals surface area (Å²) in [6.07, 6.45) is -0.706. The maximum absolute atomic E-state index is 12.6. The van der Waals surface area contributed by atoms with Crippen molar-refractivity contribution >= 4 is 27.3 Å². The van der Waals surface area contributed by atoms with Crippen LogP contribution in [0.25, 0.3) is 0 Å². The first-order chi connectivity index (χ1) is 14.2. The van der Waals surface area contributed by atoms with Crippen LogP contribution in [0.5, 0.6) is 5.75 Å². The molecule has 0 unspecified atom stereocenters. The Morgan fingerprint density at radius 1 is 0.867 bits per heavy atom. The molecular formula is C23H24N2O4S. The highest BCUT2D eigenvalue weighted by atomic mass is 32.2. The second kappa shape index (κ2) is 9.00. The number of carbonyl (C=O) groups is 1. The molecule has 0 bridgehead atoms. The van der Waals surface area contributed by atoms with Gasteiger partial charge in [-0.1, -0.05) is 24.3 Å². The van der Waals surface area contributed by atoms with Gasteiger partial charge in [-0.15, -0.1) is 0 Å². The molecule has 3 rings (SSSR count). The van der Waals surface area contributed by atoms with Crippen molar-refractivity contribution < 1.29 is 17.9 Å². The fourth-order valence-electron chi connectivity index (χ4n) is 2.74. The van der Waals surface area contributed by atoms with E-state index < -0.39 is 16.1 Å². The van der Waals surface area contributed by atoms with Crippen LogP contribution >= 0.6 is 0 Å². The molecule has 0 saturated heterocycles. The molecule has 1 atom stereocenters. The summed E-state index contributed by atoms with van der Waals surface area (Å²) in [5.41, 5.74) is 3.07. The lowest BCUT2D eigenvalue weighted by molar-refractivity contribution is -0.122. The minimum atomic E-state index is -3.73. The molecule has 0 radical (unpaired) electrons. The zero-order chi connectivity index (χ0) is 21.7. The molecule has 1 amide bonds. The van der Waals surface area contributed by atoms with Crippen LogP contribution in [0, 0.1) is 13.8 Å². The van der Waals surface area contributed by atoms with Gasteiger partial charge in [-0.2, -0.15) is 0 Å². The largest absolute Gasteiger partial charge is 0.481 e. The van der Waals surface area contributed by atoms with E-state index in [9.17, 15) is 13.2 Å². The molecule has 2 N–H and O–H groups in total. The number of para-hydroxylation sites is 1. The van der Waals surface area contributed by atoms with Crippen LogP contribution in [-0.4, -0.2) is 20.4 Å². The number of benzene rings is 3. The van der Waals surface area contributed by atoms with Crippen molar-refractivity contribution in [3.63, 3.8) is 0 Å². The minimum absolute atomic E-state index is 0.104. The van der Waals surface area contributed by atoms with Crippen LogP contribution in [0.1, 0.15) is 18.1 Å². The second-order valence-corrected chi connectivity index (χ2v) is 8.67. The van der Waals surface area contributed by atoms with Crippen LogP contribution in [0.4, 0.5) is 11.4 Å². The van der Waals surface area contributed by atoms with Gasteiger partial charge in [-0.05, 0) is 80.4 Å². The fourth-order valence-corrected chi connectivity index (χ4v) is 3.79. The van der Waals surface area contributed by atoms with Gasteiger partial charge in [0.1, 0.15) is 5.75 Å². The topological polar surface area (TPSA) is 84.5 Å². The van der Waals surface area contributed by atoms with Crippen molar-refractivity contribution in [1.82, 2.24) is 0 Å². The highest BCUT2D eigenvalue weighted by molar-refractivity contribution is 7.92. The van der Waals surface area contributed by atoms with E-state index >= 15 is 0 Å². The van der Waals surface area contributed by atoms with Crippen molar-refractivity contribution in [2.24, 2.45) is 0 Å². The summed E-state index contributed by atoms with van der Waals surface area (Å²) in [5, 5.41) is 2.72. The Hall–Kier alpha value is -3.32. The summed E-state index contributed by atoms with van der Waals surface area (Å²) in [6, 6.07) is 20.4. The first-order valence-corrected chi connectivity index (χ1v) is 11.0. The average molecular weight is 425 g/mol. The summed E-state index contributed by atoms with van der Waals surface area (Å²) < 4.78 is 33.4. The Balaban J connectivity index is 1.64. The van der Waals surface area contributed by atoms with Crippen LogP contribution < -0.4 is 14.8 Å². The SMILES string of the molecule is Cc1ccc(NS(=O)(=O)c2ccc(NC(=O)[C@H](C)Oc3ccccc3)cc2)cc1C. The van der Waals surface area contributed by atoms with Crippen molar-refractivity contribution in [2.45, 2.75) is 31.8 Å². The van der Waals surface area contributed by atoms with Gasteiger partial charge < -0.3 is 10.1 Å². The van der Waals surface area contributed by atoms with Crippen molar-refractivity contribution in [3.05, 3.63) is 83.9 Å². The molecular weight excluding hydrogens is 400 g/mol. The van der Waals surface area contributed by atoms with Gasteiger partial charge in [0.05, 0.1) is 4.90 Å². The molecule has 0 aromatic heterocycles. The molecule has 7 heteroatoms. The standard InChI is InChI=1S/C23H24N2O4S/c1-16-9-10-20(15-17(16)2)25-30(27,28)22-13-11-19(12-14-22)24-23(26)18(3)29-21-7-5-4-6-8-21/h4-15,18,25H,1-3H3,(H,24,26)/t18-/m0/s1. The van der Waals surface area contributed by atoms with Crippen LogP contribution in [0.3, 0.4) is 0 Å². The summed E-state index contributed by atoms with van der Waals surface area (Å²) >= 11 is 0. The van der Waals surface area contributed by atoms with Gasteiger partial charge >= 0.3 is 0 Å². The minimum Gasteiger partial charge on any atom is -0.481 e. The number of ether oxygens (including phenoxy) is 1. The highest BCUT2D eigenvalue weighted by Gasteiger charge is 2.17. The summed E-state index contributed by atoms with van der Waals surface area (Å²) in [6.45, 7) is 5.54. The molecule has 0 aliphatic rings. The highest BCUT2D eigenvalue weighted by Crippen LogP contribution is 2.21. The summed E-state index contributed by atoms with van der Waals surface area (Å²) in [7, 11) is -3.73. The molecule has 0 heterocycles. The van der Waals surface area contributed by atoms with Gasteiger partial charge in [-0.3, -0.25) is 9.52 Å². The first-order valence-electron chi connectivity index (χ1n) is 9.47. The number of anilines is 2. The lowest BCUT2D eigenvalue weighted by Gasteiger charge is -2.15. The van der Waals surface area contributed by atoms with E-state index in [1.807, 2.05) is 38.1 Å². The molecule has 0 aliphatic heterocycles. The third-order valence-electron chi connectivity index (χ3n) is 4.62. The first kappa shape index (κ1) is 21.4. The third-order valence-corrected chi connectivity index (χ3v) is 6.01. The van der Waals surface area contributed by atoms with Crippen LogP contribution in [-0.2, 0) is 14.8 Å². The Bertz CT molecular complexity index is 1130. The van der Waals surface area contributed by atoms with Crippen LogP contribution in [0.2, 0.25) is 0 Å². The van der Waals surface area contributed by atoms with E-state index in [1.54, 1.807) is 43.3 Å². The molecule has 0 spiro atoms. The van der Waals surface area contributed by atoms with Crippen molar-refractivity contribution in [3.8, 4) is 5.75 Å². The average Bonchev–Trinajstić information content (AvgIpc) is 2.71. The van der Waals surface area contributed by atoms with Gasteiger partial charge in [0, 0.05) is 11.4 Å². The van der Waals surface area contributed by atoms with E-state index in [0.29, 0.717) is 17.1 Å². The van der Waals surface area contributed by atoms with Gasteiger partial charge in [0.15, 0.2) is 6.10 Å². The Labute approximate surface area is 177 Å². The Kier molecular flexibility index (Phi) is 6.42. The number of hydrogen-bond donors (Lipinski definition) is 2. The molecule has 156 valence electrons. The molecule has 0 saturated carbocycles. The maximum Gasteiger partial charge on any atom is 0.265 e. The predicted molar refractivity (Wildman–Crippen MR) is 118 cm³/mol. The Morgan fingerprint density at radius 3 is 2.13 bits per heavy atom. The normalized spacial score (nSPS) is 12.1. The van der Waals surface area contributed by atoms with E-state index in [2.05, 4.69) is 10.0 Å². The Morgan fingerprint density at radius 2 is 1.50 bits per heavy atom. The zero-order valence-electron chi connectivity index (χ0n) is 17.0. The molecule has 3 aromatic rings. The zero-order valence-corrected chi connectivity index (χ0v) is 17.9. The van der Waals surface area contributed by atoms with Gasteiger partial charge in [-0.25, -0.2) is 8.42 Å². The molecule has 30 heavy (non-hydrogen) atoms. The number of sulfonamides is 1. The fraction of sp³-hybridized carbons (Fsp3) is 0.174. The third kappa shape index (κ3) is 5.39. The quantitative estimate of drug-likeness (QED) is 0.584. The van der Waals surface area contributed by atoms with Crippen LogP contribution in [0.15, 0.2) is 77.7 Å². The lowest BCUT2D eigenvalue weighted by atomic mass is 10.1.